The Kier molecular flexibility index (Phi) is 6.79. The van der Waals surface area contributed by atoms with Crippen LogP contribution >= 0.6 is 23.2 Å². The normalized spacial score (nSPS) is 17.3. The molecular weight excluding hydrogens is 489 g/mol. The molecule has 1 amide bonds. The Labute approximate surface area is 213 Å². The van der Waals surface area contributed by atoms with Crippen LogP contribution in [0.25, 0.3) is 5.76 Å². The molecule has 0 aromatic heterocycles. The van der Waals surface area contributed by atoms with Crippen LogP contribution in [-0.2, 0) is 9.59 Å². The predicted molar refractivity (Wildman–Crippen MR) is 136 cm³/mol. The number of halogens is 2. The smallest absolute Gasteiger partial charge is 0.300 e. The van der Waals surface area contributed by atoms with Gasteiger partial charge in [0.25, 0.3) is 11.7 Å². The van der Waals surface area contributed by atoms with E-state index >= 15 is 0 Å². The summed E-state index contributed by atoms with van der Waals surface area (Å²) in [7, 11) is 1.41. The van der Waals surface area contributed by atoms with Gasteiger partial charge in [-0.15, -0.1) is 0 Å². The highest BCUT2D eigenvalue weighted by Crippen LogP contribution is 2.44. The third-order valence-corrected chi connectivity index (χ3v) is 6.53. The van der Waals surface area contributed by atoms with Crippen molar-refractivity contribution in [2.75, 3.05) is 12.0 Å². The summed E-state index contributed by atoms with van der Waals surface area (Å²) in [4.78, 5) is 27.9. The summed E-state index contributed by atoms with van der Waals surface area (Å²) in [5.41, 5.74) is 2.15. The number of phenolic OH excluding ortho intramolecular Hbond substituents is 1. The maximum Gasteiger partial charge on any atom is 0.300 e. The van der Waals surface area contributed by atoms with Gasteiger partial charge in [-0.2, -0.15) is 0 Å². The van der Waals surface area contributed by atoms with Crippen LogP contribution < -0.4 is 9.64 Å². The van der Waals surface area contributed by atoms with E-state index in [0.29, 0.717) is 11.3 Å². The summed E-state index contributed by atoms with van der Waals surface area (Å²) >= 11 is 12.5. The monoisotopic (exact) mass is 511 g/mol. The molecule has 1 atom stereocenters. The molecule has 1 saturated heterocycles. The van der Waals surface area contributed by atoms with Crippen molar-refractivity contribution < 1.29 is 24.5 Å². The maximum atomic E-state index is 13.3. The molecule has 4 rings (SSSR count). The van der Waals surface area contributed by atoms with E-state index in [1.165, 1.54) is 36.3 Å². The van der Waals surface area contributed by atoms with Gasteiger partial charge in [-0.3, -0.25) is 14.5 Å². The molecule has 0 spiro atoms. The number of hydrogen-bond acceptors (Lipinski definition) is 5. The molecule has 0 aliphatic carbocycles. The molecule has 0 bridgehead atoms. The lowest BCUT2D eigenvalue weighted by Gasteiger charge is -2.26. The Morgan fingerprint density at radius 1 is 0.971 bits per heavy atom. The van der Waals surface area contributed by atoms with Gasteiger partial charge >= 0.3 is 0 Å². The van der Waals surface area contributed by atoms with E-state index in [0.717, 1.165) is 5.56 Å². The van der Waals surface area contributed by atoms with Gasteiger partial charge in [0.05, 0.1) is 28.8 Å². The van der Waals surface area contributed by atoms with E-state index in [-0.39, 0.29) is 38.6 Å². The zero-order chi connectivity index (χ0) is 25.4. The molecular formula is C27H23Cl2NO5. The summed E-state index contributed by atoms with van der Waals surface area (Å²) in [6, 6.07) is 15.3. The van der Waals surface area contributed by atoms with Crippen LogP contribution in [0.5, 0.6) is 11.5 Å². The number of phenols is 1. The lowest BCUT2D eigenvalue weighted by molar-refractivity contribution is -0.132. The second kappa shape index (κ2) is 9.64. The van der Waals surface area contributed by atoms with Crippen LogP contribution in [0.15, 0.2) is 66.2 Å². The number of nitrogens with zero attached hydrogens (tertiary/aromatic N) is 1. The molecule has 8 heteroatoms. The molecule has 1 aliphatic rings. The van der Waals surface area contributed by atoms with Gasteiger partial charge < -0.3 is 14.9 Å². The number of benzene rings is 3. The minimum absolute atomic E-state index is 0.0284. The van der Waals surface area contributed by atoms with Crippen molar-refractivity contribution in [2.45, 2.75) is 25.8 Å². The molecule has 0 saturated carbocycles. The molecule has 0 radical (unpaired) electrons. The first-order valence-corrected chi connectivity index (χ1v) is 11.6. The highest BCUT2D eigenvalue weighted by atomic mass is 35.5. The minimum atomic E-state index is -0.944. The van der Waals surface area contributed by atoms with Crippen molar-refractivity contribution in [3.63, 3.8) is 0 Å². The molecule has 180 valence electrons. The van der Waals surface area contributed by atoms with Gasteiger partial charge in [0.15, 0.2) is 5.75 Å². The van der Waals surface area contributed by atoms with Crippen LogP contribution in [0.2, 0.25) is 10.0 Å². The molecule has 35 heavy (non-hydrogen) atoms. The lowest BCUT2D eigenvalue weighted by Crippen LogP contribution is -2.29. The Morgan fingerprint density at radius 3 is 2.06 bits per heavy atom. The quantitative estimate of drug-likeness (QED) is 0.233. The number of amides is 1. The molecule has 1 aliphatic heterocycles. The van der Waals surface area contributed by atoms with Crippen LogP contribution in [0.4, 0.5) is 5.69 Å². The summed E-state index contributed by atoms with van der Waals surface area (Å²) in [6.07, 6.45) is 0. The van der Waals surface area contributed by atoms with E-state index in [2.05, 4.69) is 13.8 Å². The Bertz CT molecular complexity index is 1310. The number of anilines is 1. The number of hydrogen-bond donors (Lipinski definition) is 2. The van der Waals surface area contributed by atoms with Gasteiger partial charge in [-0.1, -0.05) is 61.3 Å². The molecule has 1 heterocycles. The van der Waals surface area contributed by atoms with Crippen LogP contribution in [-0.4, -0.2) is 29.0 Å². The van der Waals surface area contributed by atoms with Crippen molar-refractivity contribution in [3.8, 4) is 11.5 Å². The standard InChI is InChI=1S/C27H23Cl2NO5/c1-14(2)15-4-8-18(9-5-15)30-23(16-6-10-19(31)11-7-16)22(25(33)27(30)34)24(32)17-12-20(28)26(35-3)21(29)13-17/h4-14,23,31-32H,1-3H3/b24-22+. The molecule has 2 N–H and O–H groups in total. The number of carbonyl (C=O) groups excluding carboxylic acids is 2. The van der Waals surface area contributed by atoms with Gasteiger partial charge in [0.2, 0.25) is 0 Å². The summed E-state index contributed by atoms with van der Waals surface area (Å²) in [5.74, 6) is -1.51. The first-order chi connectivity index (χ1) is 16.6. The molecule has 6 nitrogen and oxygen atoms in total. The fraction of sp³-hybridized carbons (Fsp3) is 0.185. The second-order valence-corrected chi connectivity index (χ2v) is 9.29. The number of aromatic hydroxyl groups is 1. The van der Waals surface area contributed by atoms with Gasteiger partial charge in [0.1, 0.15) is 11.5 Å². The summed E-state index contributed by atoms with van der Waals surface area (Å²) in [5, 5.41) is 21.3. The fourth-order valence-electron chi connectivity index (χ4n) is 4.14. The zero-order valence-corrected chi connectivity index (χ0v) is 20.8. The summed E-state index contributed by atoms with van der Waals surface area (Å²) in [6.45, 7) is 4.12. The number of carbonyl (C=O) groups is 2. The van der Waals surface area contributed by atoms with Crippen molar-refractivity contribution in [1.29, 1.82) is 0 Å². The number of methoxy groups -OCH3 is 1. The zero-order valence-electron chi connectivity index (χ0n) is 19.3. The highest BCUT2D eigenvalue weighted by Gasteiger charge is 2.47. The number of Topliss-reactive ketones (excluding diaryl/α,β-unsaturated/α-hetero) is 1. The number of ether oxygens (including phenoxy) is 1. The minimum Gasteiger partial charge on any atom is -0.508 e. The molecule has 1 unspecified atom stereocenters. The number of rotatable bonds is 5. The fourth-order valence-corrected chi connectivity index (χ4v) is 4.78. The highest BCUT2D eigenvalue weighted by molar-refractivity contribution is 6.51. The van der Waals surface area contributed by atoms with Crippen LogP contribution in [0, 0.1) is 0 Å². The van der Waals surface area contributed by atoms with Gasteiger partial charge in [-0.05, 0) is 53.4 Å². The third kappa shape index (κ3) is 4.47. The predicted octanol–water partition coefficient (Wildman–Crippen LogP) is 6.46. The van der Waals surface area contributed by atoms with Crippen molar-refractivity contribution in [3.05, 3.63) is 93.0 Å². The van der Waals surface area contributed by atoms with E-state index in [1.54, 1.807) is 24.3 Å². The van der Waals surface area contributed by atoms with Crippen LogP contribution in [0.1, 0.15) is 42.5 Å². The van der Waals surface area contributed by atoms with E-state index in [4.69, 9.17) is 27.9 Å². The van der Waals surface area contributed by atoms with E-state index in [9.17, 15) is 19.8 Å². The number of ketones is 1. The third-order valence-electron chi connectivity index (χ3n) is 5.97. The topological polar surface area (TPSA) is 87.1 Å². The van der Waals surface area contributed by atoms with Gasteiger partial charge in [0, 0.05) is 11.3 Å². The first kappa shape index (κ1) is 24.6. The van der Waals surface area contributed by atoms with E-state index < -0.39 is 23.5 Å². The number of aliphatic hydroxyl groups is 1. The SMILES string of the molecule is COc1c(Cl)cc(/C(O)=C2\C(=O)C(=O)N(c3ccc(C(C)C)cc3)C2c2ccc(O)cc2)cc1Cl. The average molecular weight is 512 g/mol. The van der Waals surface area contributed by atoms with Crippen molar-refractivity contribution in [2.24, 2.45) is 0 Å². The molecule has 3 aromatic carbocycles. The van der Waals surface area contributed by atoms with Crippen molar-refractivity contribution in [1.82, 2.24) is 0 Å². The van der Waals surface area contributed by atoms with Crippen molar-refractivity contribution >= 4 is 46.3 Å². The average Bonchev–Trinajstić information content (AvgIpc) is 3.09. The largest absolute Gasteiger partial charge is 0.508 e. The molecule has 3 aromatic rings. The van der Waals surface area contributed by atoms with Crippen LogP contribution in [0.3, 0.4) is 0 Å². The Morgan fingerprint density at radius 2 is 1.54 bits per heavy atom. The lowest BCUT2D eigenvalue weighted by atomic mass is 9.95. The Hall–Kier alpha value is -3.48. The second-order valence-electron chi connectivity index (χ2n) is 8.48. The molecule has 1 fully saturated rings. The maximum absolute atomic E-state index is 13.3. The summed E-state index contributed by atoms with van der Waals surface area (Å²) < 4.78 is 5.16. The van der Waals surface area contributed by atoms with E-state index in [1.807, 2.05) is 12.1 Å². The van der Waals surface area contributed by atoms with Gasteiger partial charge in [-0.25, -0.2) is 0 Å². The first-order valence-electron chi connectivity index (χ1n) is 10.9. The Balaban J connectivity index is 1.93. The number of aliphatic hydroxyl groups excluding tert-OH is 1.